The Bertz CT molecular complexity index is 237. The average molecular weight is 240 g/mol. The molecule has 0 radical (unpaired) electrons. The second-order valence-corrected chi connectivity index (χ2v) is 4.64. The summed E-state index contributed by atoms with van der Waals surface area (Å²) in [6.45, 7) is 2.17. The van der Waals surface area contributed by atoms with Crippen LogP contribution in [0.3, 0.4) is 0 Å². The highest BCUT2D eigenvalue weighted by molar-refractivity contribution is 7.16. The first-order valence-electron chi connectivity index (χ1n) is 4.25. The highest BCUT2D eigenvalue weighted by Crippen LogP contribution is 2.27. The van der Waals surface area contributed by atoms with Gasteiger partial charge in [-0.2, -0.15) is 0 Å². The summed E-state index contributed by atoms with van der Waals surface area (Å²) in [5.74, 6) is 0. The van der Waals surface area contributed by atoms with Crippen molar-refractivity contribution in [1.82, 2.24) is 0 Å². The van der Waals surface area contributed by atoms with Crippen molar-refractivity contribution in [3.63, 3.8) is 0 Å². The molecule has 76 valence electrons. The molecule has 13 heavy (non-hydrogen) atoms. The van der Waals surface area contributed by atoms with E-state index < -0.39 is 0 Å². The van der Waals surface area contributed by atoms with Crippen LogP contribution in [0.5, 0.6) is 0 Å². The maximum absolute atomic E-state index is 5.95. The van der Waals surface area contributed by atoms with Crippen LogP contribution in [-0.4, -0.2) is 0 Å². The molecular weight excluding hydrogens is 225 g/mol. The zero-order chi connectivity index (χ0) is 8.97. The Labute approximate surface area is 94.7 Å². The molecule has 0 unspecified atom stereocenters. The van der Waals surface area contributed by atoms with Crippen molar-refractivity contribution in [2.24, 2.45) is 5.73 Å². The van der Waals surface area contributed by atoms with Crippen LogP contribution < -0.4 is 5.73 Å². The Morgan fingerprint density at radius 2 is 2.23 bits per heavy atom. The molecule has 1 aromatic rings. The van der Waals surface area contributed by atoms with Crippen LogP contribution in [0.2, 0.25) is 4.34 Å². The zero-order valence-corrected chi connectivity index (χ0v) is 10.0. The van der Waals surface area contributed by atoms with E-state index >= 15 is 0 Å². The SMILES string of the molecule is CCCC[C@H](N)c1ccc(Cl)s1.Cl. The molecule has 0 spiro atoms. The normalized spacial score (nSPS) is 12.2. The van der Waals surface area contributed by atoms with Crippen molar-refractivity contribution in [3.05, 3.63) is 21.3 Å². The van der Waals surface area contributed by atoms with Crippen LogP contribution in [0.15, 0.2) is 12.1 Å². The molecule has 0 aliphatic heterocycles. The molecule has 0 aliphatic rings. The van der Waals surface area contributed by atoms with Crippen molar-refractivity contribution < 1.29 is 0 Å². The van der Waals surface area contributed by atoms with Crippen LogP contribution in [-0.2, 0) is 0 Å². The summed E-state index contributed by atoms with van der Waals surface area (Å²) in [6.07, 6.45) is 3.46. The molecule has 0 aromatic carbocycles. The van der Waals surface area contributed by atoms with Gasteiger partial charge >= 0.3 is 0 Å². The molecule has 1 heterocycles. The number of hydrogen-bond acceptors (Lipinski definition) is 2. The highest BCUT2D eigenvalue weighted by atomic mass is 35.5. The predicted octanol–water partition coefficient (Wildman–Crippen LogP) is 4.01. The fourth-order valence-electron chi connectivity index (χ4n) is 1.09. The van der Waals surface area contributed by atoms with Crippen LogP contribution in [0.25, 0.3) is 0 Å². The molecule has 0 amide bonds. The van der Waals surface area contributed by atoms with Gasteiger partial charge < -0.3 is 5.73 Å². The smallest absolute Gasteiger partial charge is 0.0931 e. The van der Waals surface area contributed by atoms with Gasteiger partial charge in [0.05, 0.1) is 4.34 Å². The van der Waals surface area contributed by atoms with E-state index in [9.17, 15) is 0 Å². The summed E-state index contributed by atoms with van der Waals surface area (Å²) in [5, 5.41) is 0. The van der Waals surface area contributed by atoms with E-state index in [1.165, 1.54) is 17.7 Å². The quantitative estimate of drug-likeness (QED) is 0.845. The van der Waals surface area contributed by atoms with Gasteiger partial charge in [-0.15, -0.1) is 23.7 Å². The van der Waals surface area contributed by atoms with E-state index in [2.05, 4.69) is 6.92 Å². The second-order valence-electron chi connectivity index (χ2n) is 2.89. The lowest BCUT2D eigenvalue weighted by Gasteiger charge is -2.07. The van der Waals surface area contributed by atoms with Crippen LogP contribution in [0, 0.1) is 0 Å². The molecule has 2 N–H and O–H groups in total. The summed E-state index contributed by atoms with van der Waals surface area (Å²) in [5.41, 5.74) is 5.95. The fourth-order valence-corrected chi connectivity index (χ4v) is 2.19. The molecular formula is C9H15Cl2NS. The first-order valence-corrected chi connectivity index (χ1v) is 5.44. The van der Waals surface area contributed by atoms with Gasteiger partial charge in [0.25, 0.3) is 0 Å². The van der Waals surface area contributed by atoms with Gasteiger partial charge in [-0.25, -0.2) is 0 Å². The van der Waals surface area contributed by atoms with Gasteiger partial charge in [-0.05, 0) is 18.6 Å². The molecule has 0 bridgehead atoms. The summed E-state index contributed by atoms with van der Waals surface area (Å²) in [6, 6.07) is 4.11. The van der Waals surface area contributed by atoms with Gasteiger partial charge in [0, 0.05) is 10.9 Å². The van der Waals surface area contributed by atoms with Gasteiger partial charge in [0.1, 0.15) is 0 Å². The highest BCUT2D eigenvalue weighted by Gasteiger charge is 2.07. The van der Waals surface area contributed by atoms with Crippen molar-refractivity contribution in [3.8, 4) is 0 Å². The minimum absolute atomic E-state index is 0. The monoisotopic (exact) mass is 239 g/mol. The molecule has 0 fully saturated rings. The lowest BCUT2D eigenvalue weighted by molar-refractivity contribution is 0.611. The van der Waals surface area contributed by atoms with E-state index in [0.717, 1.165) is 10.8 Å². The molecule has 4 heteroatoms. The van der Waals surface area contributed by atoms with E-state index in [0.29, 0.717) is 0 Å². The largest absolute Gasteiger partial charge is 0.323 e. The number of nitrogens with two attached hydrogens (primary N) is 1. The Hall–Kier alpha value is 0.240. The number of halogens is 2. The summed E-state index contributed by atoms with van der Waals surface area (Å²) in [7, 11) is 0. The lowest BCUT2D eigenvalue weighted by Crippen LogP contribution is -2.07. The van der Waals surface area contributed by atoms with Gasteiger partial charge in [-0.3, -0.25) is 0 Å². The first kappa shape index (κ1) is 13.2. The van der Waals surface area contributed by atoms with Crippen molar-refractivity contribution in [2.45, 2.75) is 32.2 Å². The maximum atomic E-state index is 5.95. The third-order valence-corrected chi connectivity index (χ3v) is 3.19. The molecule has 1 atom stereocenters. The Kier molecular flexibility index (Phi) is 6.78. The standard InChI is InChI=1S/C9H14ClNS.ClH/c1-2-3-4-7(11)8-5-6-9(10)12-8;/h5-7H,2-4,11H2,1H3;1H/t7-;/m0./s1. The summed E-state index contributed by atoms with van der Waals surface area (Å²) < 4.78 is 0.831. The number of unbranched alkanes of at least 4 members (excludes halogenated alkanes) is 1. The fraction of sp³-hybridized carbons (Fsp3) is 0.556. The Morgan fingerprint density at radius 3 is 2.69 bits per heavy atom. The third-order valence-electron chi connectivity index (χ3n) is 1.83. The van der Waals surface area contributed by atoms with Crippen molar-refractivity contribution in [2.75, 3.05) is 0 Å². The lowest BCUT2D eigenvalue weighted by atomic mass is 10.1. The summed E-state index contributed by atoms with van der Waals surface area (Å²) >= 11 is 7.39. The topological polar surface area (TPSA) is 26.0 Å². The number of thiophene rings is 1. The molecule has 1 rings (SSSR count). The molecule has 1 aromatic heterocycles. The van der Waals surface area contributed by atoms with Gasteiger partial charge in [0.15, 0.2) is 0 Å². The van der Waals surface area contributed by atoms with Gasteiger partial charge in [0.2, 0.25) is 0 Å². The average Bonchev–Trinajstić information content (AvgIpc) is 2.47. The molecule has 1 nitrogen and oxygen atoms in total. The van der Waals surface area contributed by atoms with Crippen molar-refractivity contribution in [1.29, 1.82) is 0 Å². The third kappa shape index (κ3) is 4.32. The van der Waals surface area contributed by atoms with Crippen LogP contribution in [0.4, 0.5) is 0 Å². The van der Waals surface area contributed by atoms with Crippen LogP contribution >= 0.6 is 35.3 Å². The first-order chi connectivity index (χ1) is 5.74. The minimum atomic E-state index is 0. The van der Waals surface area contributed by atoms with Gasteiger partial charge in [-0.1, -0.05) is 31.4 Å². The number of hydrogen-bond donors (Lipinski definition) is 1. The summed E-state index contributed by atoms with van der Waals surface area (Å²) in [4.78, 5) is 1.20. The molecule has 0 saturated heterocycles. The number of rotatable bonds is 4. The van der Waals surface area contributed by atoms with E-state index in [1.54, 1.807) is 11.3 Å². The zero-order valence-electron chi connectivity index (χ0n) is 7.63. The van der Waals surface area contributed by atoms with Crippen molar-refractivity contribution >= 4 is 35.3 Å². The predicted molar refractivity (Wildman–Crippen MR) is 63.0 cm³/mol. The second kappa shape index (κ2) is 6.66. The minimum Gasteiger partial charge on any atom is -0.323 e. The molecule has 0 saturated carbocycles. The Morgan fingerprint density at radius 1 is 1.54 bits per heavy atom. The maximum Gasteiger partial charge on any atom is 0.0931 e. The Balaban J connectivity index is 0.00000144. The van der Waals surface area contributed by atoms with E-state index in [-0.39, 0.29) is 18.4 Å². The van der Waals surface area contributed by atoms with Crippen LogP contribution in [0.1, 0.15) is 37.1 Å². The van der Waals surface area contributed by atoms with E-state index in [1.807, 2.05) is 12.1 Å². The van der Waals surface area contributed by atoms with E-state index in [4.69, 9.17) is 17.3 Å². The molecule has 0 aliphatic carbocycles.